The molecule has 144 valence electrons. The zero-order valence-electron chi connectivity index (χ0n) is 16.3. The highest BCUT2D eigenvalue weighted by Gasteiger charge is 2.51. The van der Waals surface area contributed by atoms with Gasteiger partial charge in [0.2, 0.25) is 5.91 Å². The Kier molecular flexibility index (Phi) is 3.71. The van der Waals surface area contributed by atoms with Crippen molar-refractivity contribution in [1.29, 1.82) is 0 Å². The number of carbonyl (C=O) groups is 1. The summed E-state index contributed by atoms with van der Waals surface area (Å²) in [5, 5.41) is 15.5. The molecule has 5 rings (SSSR count). The molecule has 2 saturated carbocycles. The summed E-state index contributed by atoms with van der Waals surface area (Å²) in [6.45, 7) is 3.69. The summed E-state index contributed by atoms with van der Waals surface area (Å²) in [5.41, 5.74) is 2.37. The number of likely N-dealkylation sites (tertiary alicyclic amines) is 1. The predicted molar refractivity (Wildman–Crippen MR) is 104 cm³/mol. The Labute approximate surface area is 160 Å². The number of amides is 1. The molecule has 0 atom stereocenters. The third kappa shape index (κ3) is 2.87. The van der Waals surface area contributed by atoms with Crippen molar-refractivity contribution in [2.75, 3.05) is 13.1 Å². The number of aryl methyl sites for hydroxylation is 1. The fourth-order valence-corrected chi connectivity index (χ4v) is 5.67. The van der Waals surface area contributed by atoms with Gasteiger partial charge < -0.3 is 10.0 Å². The Hall–Kier alpha value is -1.88. The monoisotopic (exact) mass is 367 g/mol. The van der Waals surface area contributed by atoms with E-state index >= 15 is 0 Å². The lowest BCUT2D eigenvalue weighted by Crippen LogP contribution is -2.62. The van der Waals surface area contributed by atoms with Crippen LogP contribution in [-0.2, 0) is 11.8 Å². The van der Waals surface area contributed by atoms with Gasteiger partial charge >= 0.3 is 0 Å². The van der Waals surface area contributed by atoms with Crippen LogP contribution in [0, 0.1) is 11.3 Å². The van der Waals surface area contributed by atoms with Crippen LogP contribution in [-0.4, -0.2) is 44.4 Å². The van der Waals surface area contributed by atoms with E-state index in [-0.39, 0.29) is 11.8 Å². The molecule has 1 aromatic heterocycles. The van der Waals surface area contributed by atoms with Gasteiger partial charge in [-0.05, 0) is 69.1 Å². The van der Waals surface area contributed by atoms with Gasteiger partial charge in [0, 0.05) is 36.9 Å². The molecule has 2 aromatic rings. The topological polar surface area (TPSA) is 58.4 Å². The summed E-state index contributed by atoms with van der Waals surface area (Å²) in [5.74, 6) is 0.961. The highest BCUT2D eigenvalue weighted by atomic mass is 16.3. The minimum absolute atomic E-state index is 0.0555. The van der Waals surface area contributed by atoms with E-state index in [1.165, 1.54) is 42.1 Å². The van der Waals surface area contributed by atoms with Crippen LogP contribution >= 0.6 is 0 Å². The second-order valence-electron chi connectivity index (χ2n) is 9.66. The molecule has 0 radical (unpaired) electrons. The van der Waals surface area contributed by atoms with Crippen molar-refractivity contribution in [2.45, 2.75) is 57.0 Å². The van der Waals surface area contributed by atoms with Gasteiger partial charge in [-0.3, -0.25) is 9.48 Å². The van der Waals surface area contributed by atoms with Crippen LogP contribution in [0.5, 0.6) is 0 Å². The van der Waals surface area contributed by atoms with Gasteiger partial charge in [-0.1, -0.05) is 6.07 Å². The fraction of sp³-hybridized carbons (Fsp3) is 0.636. The maximum absolute atomic E-state index is 12.5. The van der Waals surface area contributed by atoms with E-state index in [2.05, 4.69) is 23.3 Å². The van der Waals surface area contributed by atoms with Crippen LogP contribution in [0.3, 0.4) is 0 Å². The van der Waals surface area contributed by atoms with E-state index in [0.717, 1.165) is 13.1 Å². The van der Waals surface area contributed by atoms with Gasteiger partial charge in [-0.25, -0.2) is 0 Å². The third-order valence-electron chi connectivity index (χ3n) is 7.37. The highest BCUT2D eigenvalue weighted by molar-refractivity contribution is 5.81. The van der Waals surface area contributed by atoms with Crippen LogP contribution < -0.4 is 0 Å². The summed E-state index contributed by atoms with van der Waals surface area (Å²) in [6, 6.07) is 6.77. The SMILES string of the molecule is Cn1ncc2cc(C3CCC4(CC3)CN(C(=O)C3CC(C)(O)C3)C4)ccc21. The molecule has 1 amide bonds. The Morgan fingerprint density at radius 3 is 2.59 bits per heavy atom. The molecular weight excluding hydrogens is 338 g/mol. The maximum atomic E-state index is 12.5. The molecule has 0 bridgehead atoms. The van der Waals surface area contributed by atoms with Gasteiger partial charge in [0.15, 0.2) is 0 Å². The molecule has 5 nitrogen and oxygen atoms in total. The van der Waals surface area contributed by atoms with E-state index < -0.39 is 5.60 Å². The summed E-state index contributed by atoms with van der Waals surface area (Å²) in [6.07, 6.45) is 8.08. The Balaban J connectivity index is 1.18. The molecule has 1 aromatic carbocycles. The van der Waals surface area contributed by atoms with Gasteiger partial charge in [-0.15, -0.1) is 0 Å². The second-order valence-corrected chi connectivity index (χ2v) is 9.66. The lowest BCUT2D eigenvalue weighted by molar-refractivity contribution is -0.163. The lowest BCUT2D eigenvalue weighted by Gasteiger charge is -2.55. The van der Waals surface area contributed by atoms with E-state index in [0.29, 0.717) is 24.2 Å². The molecule has 3 aliphatic rings. The third-order valence-corrected chi connectivity index (χ3v) is 7.37. The standard InChI is InChI=1S/C22H29N3O2/c1-21(27)10-18(11-21)20(26)25-13-22(14-25)7-5-15(6-8-22)16-3-4-19-17(9-16)12-23-24(19)2/h3-4,9,12,15,18,27H,5-8,10-11,13-14H2,1-2H3. The molecule has 2 aliphatic carbocycles. The number of hydrogen-bond acceptors (Lipinski definition) is 3. The Morgan fingerprint density at radius 2 is 1.93 bits per heavy atom. The maximum Gasteiger partial charge on any atom is 0.225 e. The number of hydrogen-bond donors (Lipinski definition) is 1. The first-order chi connectivity index (χ1) is 12.8. The average Bonchev–Trinajstić information content (AvgIpc) is 2.97. The number of rotatable bonds is 2. The van der Waals surface area contributed by atoms with Crippen LogP contribution in [0.15, 0.2) is 24.4 Å². The van der Waals surface area contributed by atoms with E-state index in [9.17, 15) is 9.90 Å². The first-order valence-electron chi connectivity index (χ1n) is 10.3. The van der Waals surface area contributed by atoms with Gasteiger partial charge in [0.1, 0.15) is 0 Å². The largest absolute Gasteiger partial charge is 0.390 e. The van der Waals surface area contributed by atoms with Gasteiger partial charge in [0.25, 0.3) is 0 Å². The van der Waals surface area contributed by atoms with Crippen molar-refractivity contribution in [1.82, 2.24) is 14.7 Å². The van der Waals surface area contributed by atoms with Crippen LogP contribution in [0.2, 0.25) is 0 Å². The number of fused-ring (bicyclic) bond motifs is 1. The molecule has 1 saturated heterocycles. The number of benzene rings is 1. The van der Waals surface area contributed by atoms with E-state index in [1.807, 2.05) is 29.7 Å². The summed E-state index contributed by atoms with van der Waals surface area (Å²) < 4.78 is 1.93. The lowest BCUT2D eigenvalue weighted by atomic mass is 9.63. The van der Waals surface area contributed by atoms with E-state index in [4.69, 9.17) is 0 Å². The van der Waals surface area contributed by atoms with Crippen molar-refractivity contribution in [3.8, 4) is 0 Å². The van der Waals surface area contributed by atoms with Crippen LogP contribution in [0.25, 0.3) is 10.9 Å². The highest BCUT2D eigenvalue weighted by Crippen LogP contribution is 2.50. The Bertz CT molecular complexity index is 876. The normalized spacial score (nSPS) is 30.3. The summed E-state index contributed by atoms with van der Waals surface area (Å²) in [4.78, 5) is 14.6. The molecular formula is C22H29N3O2. The fourth-order valence-electron chi connectivity index (χ4n) is 5.67. The zero-order valence-corrected chi connectivity index (χ0v) is 16.3. The molecule has 3 fully saturated rings. The molecule has 1 spiro atoms. The van der Waals surface area contributed by atoms with E-state index in [1.54, 1.807) is 0 Å². The van der Waals surface area contributed by atoms with Crippen LogP contribution in [0.4, 0.5) is 0 Å². The Morgan fingerprint density at radius 1 is 1.22 bits per heavy atom. The second kappa shape index (κ2) is 5.81. The van der Waals surface area contributed by atoms with Crippen molar-refractivity contribution in [2.24, 2.45) is 18.4 Å². The number of aliphatic hydroxyl groups is 1. The first-order valence-corrected chi connectivity index (χ1v) is 10.3. The smallest absolute Gasteiger partial charge is 0.225 e. The molecule has 0 unspecified atom stereocenters. The van der Waals surface area contributed by atoms with Crippen molar-refractivity contribution in [3.63, 3.8) is 0 Å². The van der Waals surface area contributed by atoms with Gasteiger partial charge in [-0.2, -0.15) is 5.10 Å². The van der Waals surface area contributed by atoms with Crippen molar-refractivity contribution < 1.29 is 9.90 Å². The number of aromatic nitrogens is 2. The first kappa shape index (κ1) is 17.2. The summed E-state index contributed by atoms with van der Waals surface area (Å²) in [7, 11) is 1.99. The van der Waals surface area contributed by atoms with Crippen molar-refractivity contribution >= 4 is 16.8 Å². The van der Waals surface area contributed by atoms with Crippen molar-refractivity contribution in [3.05, 3.63) is 30.0 Å². The minimum Gasteiger partial charge on any atom is -0.390 e. The average molecular weight is 367 g/mol. The van der Waals surface area contributed by atoms with Crippen LogP contribution in [0.1, 0.15) is 56.9 Å². The minimum atomic E-state index is -0.615. The molecule has 1 N–H and O–H groups in total. The summed E-state index contributed by atoms with van der Waals surface area (Å²) >= 11 is 0. The molecule has 1 aliphatic heterocycles. The molecule has 5 heteroatoms. The predicted octanol–water partition coefficient (Wildman–Crippen LogP) is 3.22. The quantitative estimate of drug-likeness (QED) is 0.887. The molecule has 2 heterocycles. The molecule has 27 heavy (non-hydrogen) atoms. The zero-order chi connectivity index (χ0) is 18.8. The number of nitrogens with zero attached hydrogens (tertiary/aromatic N) is 3. The van der Waals surface area contributed by atoms with Gasteiger partial charge in [0.05, 0.1) is 17.3 Å². The number of carbonyl (C=O) groups excluding carboxylic acids is 1.